The van der Waals surface area contributed by atoms with Crippen LogP contribution in [0.15, 0.2) is 18.2 Å². The molecule has 2 N–H and O–H groups in total. The van der Waals surface area contributed by atoms with Crippen LogP contribution in [-0.2, 0) is 6.61 Å². The number of aliphatic hydroxyl groups is 1. The lowest BCUT2D eigenvalue weighted by molar-refractivity contribution is -0.384. The Hall–Kier alpha value is -2.35. The Kier molecular flexibility index (Phi) is 4.27. The molecule has 1 fully saturated rings. The third-order valence-corrected chi connectivity index (χ3v) is 3.65. The number of carbonyl (C=O) groups is 1. The maximum absolute atomic E-state index is 11.0. The van der Waals surface area contributed by atoms with E-state index in [9.17, 15) is 20.0 Å². The summed E-state index contributed by atoms with van der Waals surface area (Å²) in [5, 5.41) is 29.2. The van der Waals surface area contributed by atoms with E-state index >= 15 is 0 Å². The summed E-state index contributed by atoms with van der Waals surface area (Å²) < 4.78 is 0. The van der Waals surface area contributed by atoms with Gasteiger partial charge >= 0.3 is 6.09 Å². The first-order valence-electron chi connectivity index (χ1n) is 6.56. The second kappa shape index (κ2) is 5.96. The SMILES string of the molecule is CC1CN(C(=O)O)CCN1c1ccc([N+](=O)[O-])cc1CO. The number of aliphatic hydroxyl groups excluding tert-OH is 1. The van der Waals surface area contributed by atoms with Gasteiger partial charge in [-0.05, 0) is 13.0 Å². The molecule has 0 spiro atoms. The summed E-state index contributed by atoms with van der Waals surface area (Å²) in [6, 6.07) is 4.29. The highest BCUT2D eigenvalue weighted by atomic mass is 16.6. The van der Waals surface area contributed by atoms with Gasteiger partial charge in [0, 0.05) is 49.1 Å². The molecule has 8 heteroatoms. The molecule has 1 amide bonds. The van der Waals surface area contributed by atoms with Crippen molar-refractivity contribution in [2.24, 2.45) is 0 Å². The molecule has 1 unspecified atom stereocenters. The molecule has 1 saturated heterocycles. The summed E-state index contributed by atoms with van der Waals surface area (Å²) in [7, 11) is 0. The van der Waals surface area contributed by atoms with Crippen LogP contribution in [0.25, 0.3) is 0 Å². The van der Waals surface area contributed by atoms with E-state index in [-0.39, 0.29) is 18.3 Å². The van der Waals surface area contributed by atoms with E-state index < -0.39 is 11.0 Å². The van der Waals surface area contributed by atoms with Crippen LogP contribution in [0.1, 0.15) is 12.5 Å². The molecule has 1 aliphatic rings. The lowest BCUT2D eigenvalue weighted by Gasteiger charge is -2.40. The molecule has 0 saturated carbocycles. The number of carboxylic acid groups (broad SMARTS) is 1. The molecular formula is C13H17N3O5. The Morgan fingerprint density at radius 2 is 2.19 bits per heavy atom. The molecule has 0 radical (unpaired) electrons. The maximum atomic E-state index is 11.0. The topological polar surface area (TPSA) is 107 Å². The second-order valence-corrected chi connectivity index (χ2v) is 5.00. The molecular weight excluding hydrogens is 278 g/mol. The van der Waals surface area contributed by atoms with Crippen LogP contribution in [0, 0.1) is 10.1 Å². The van der Waals surface area contributed by atoms with Crippen molar-refractivity contribution in [2.45, 2.75) is 19.6 Å². The number of nitro groups is 1. The number of nitro benzene ring substituents is 1. The standard InChI is InChI=1S/C13H17N3O5/c1-9-7-14(13(18)19)4-5-15(9)12-3-2-11(16(20)21)6-10(12)8-17/h2-3,6,9,17H,4-5,7-8H2,1H3,(H,18,19). The van der Waals surface area contributed by atoms with Gasteiger partial charge in [-0.15, -0.1) is 0 Å². The number of benzene rings is 1. The summed E-state index contributed by atoms with van der Waals surface area (Å²) in [5.41, 5.74) is 1.11. The zero-order valence-corrected chi connectivity index (χ0v) is 11.6. The highest BCUT2D eigenvalue weighted by molar-refractivity contribution is 5.66. The fourth-order valence-corrected chi connectivity index (χ4v) is 2.58. The predicted octanol–water partition coefficient (Wildman–Crippen LogP) is 1.28. The Morgan fingerprint density at radius 3 is 2.71 bits per heavy atom. The molecule has 21 heavy (non-hydrogen) atoms. The quantitative estimate of drug-likeness (QED) is 0.642. The number of non-ortho nitro benzene ring substituents is 1. The minimum absolute atomic E-state index is 0.0680. The molecule has 1 aliphatic heterocycles. The Balaban J connectivity index is 2.26. The second-order valence-electron chi connectivity index (χ2n) is 5.00. The molecule has 1 heterocycles. The largest absolute Gasteiger partial charge is 0.465 e. The summed E-state index contributed by atoms with van der Waals surface area (Å²) >= 11 is 0. The van der Waals surface area contributed by atoms with Gasteiger partial charge in [-0.25, -0.2) is 4.79 Å². The van der Waals surface area contributed by atoms with Crippen molar-refractivity contribution in [3.05, 3.63) is 33.9 Å². The summed E-state index contributed by atoms with van der Waals surface area (Å²) in [4.78, 5) is 24.6. The normalized spacial score (nSPS) is 18.7. The molecule has 114 valence electrons. The van der Waals surface area contributed by atoms with Gasteiger partial charge in [0.25, 0.3) is 5.69 Å². The zero-order chi connectivity index (χ0) is 15.6. The van der Waals surface area contributed by atoms with Crippen molar-refractivity contribution in [2.75, 3.05) is 24.5 Å². The van der Waals surface area contributed by atoms with Crippen LogP contribution >= 0.6 is 0 Å². The third-order valence-electron chi connectivity index (χ3n) is 3.65. The Labute approximate surface area is 121 Å². The monoisotopic (exact) mass is 295 g/mol. The molecule has 1 aromatic carbocycles. The van der Waals surface area contributed by atoms with Crippen molar-refractivity contribution < 1.29 is 19.9 Å². The van der Waals surface area contributed by atoms with Crippen LogP contribution in [0.4, 0.5) is 16.2 Å². The minimum atomic E-state index is -0.951. The molecule has 0 aromatic heterocycles. The lowest BCUT2D eigenvalue weighted by atomic mass is 10.1. The summed E-state index contributed by atoms with van der Waals surface area (Å²) in [6.07, 6.45) is -0.951. The minimum Gasteiger partial charge on any atom is -0.465 e. The Bertz CT molecular complexity index is 563. The van der Waals surface area contributed by atoms with Crippen LogP contribution < -0.4 is 4.90 Å². The van der Waals surface area contributed by atoms with Gasteiger partial charge in [-0.3, -0.25) is 10.1 Å². The van der Waals surface area contributed by atoms with E-state index in [1.165, 1.54) is 17.0 Å². The van der Waals surface area contributed by atoms with Gasteiger partial charge in [0.1, 0.15) is 0 Å². The van der Waals surface area contributed by atoms with Gasteiger partial charge in [0.05, 0.1) is 11.5 Å². The number of rotatable bonds is 3. The highest BCUT2D eigenvalue weighted by Crippen LogP contribution is 2.28. The van der Waals surface area contributed by atoms with Gasteiger partial charge in [0.2, 0.25) is 0 Å². The van der Waals surface area contributed by atoms with Crippen molar-refractivity contribution in [3.8, 4) is 0 Å². The van der Waals surface area contributed by atoms with Gasteiger partial charge in [0.15, 0.2) is 0 Å². The average Bonchev–Trinajstić information content (AvgIpc) is 2.46. The fraction of sp³-hybridized carbons (Fsp3) is 0.462. The predicted molar refractivity (Wildman–Crippen MR) is 75.4 cm³/mol. The maximum Gasteiger partial charge on any atom is 0.407 e. The van der Waals surface area contributed by atoms with E-state index in [1.807, 2.05) is 11.8 Å². The van der Waals surface area contributed by atoms with Crippen molar-refractivity contribution in [1.82, 2.24) is 4.90 Å². The molecule has 0 aliphatic carbocycles. The number of hydrogen-bond donors (Lipinski definition) is 2. The van der Waals surface area contributed by atoms with E-state index in [2.05, 4.69) is 0 Å². The van der Waals surface area contributed by atoms with Gasteiger partial charge < -0.3 is 20.0 Å². The van der Waals surface area contributed by atoms with Crippen molar-refractivity contribution in [3.63, 3.8) is 0 Å². The summed E-state index contributed by atoms with van der Waals surface area (Å²) in [6.45, 7) is 2.79. The average molecular weight is 295 g/mol. The first-order valence-corrected chi connectivity index (χ1v) is 6.56. The van der Waals surface area contributed by atoms with Gasteiger partial charge in [-0.1, -0.05) is 0 Å². The first kappa shape index (κ1) is 15.0. The van der Waals surface area contributed by atoms with E-state index in [0.717, 1.165) is 0 Å². The Morgan fingerprint density at radius 1 is 1.48 bits per heavy atom. The van der Waals surface area contributed by atoms with Crippen LogP contribution in [-0.4, -0.2) is 51.8 Å². The van der Waals surface area contributed by atoms with Crippen molar-refractivity contribution in [1.29, 1.82) is 0 Å². The number of hydrogen-bond acceptors (Lipinski definition) is 5. The van der Waals surface area contributed by atoms with E-state index in [0.29, 0.717) is 30.9 Å². The molecule has 0 bridgehead atoms. The fourth-order valence-electron chi connectivity index (χ4n) is 2.58. The van der Waals surface area contributed by atoms with E-state index in [4.69, 9.17) is 5.11 Å². The number of nitrogens with zero attached hydrogens (tertiary/aromatic N) is 3. The van der Waals surface area contributed by atoms with Crippen molar-refractivity contribution >= 4 is 17.5 Å². The number of amides is 1. The van der Waals surface area contributed by atoms with E-state index in [1.54, 1.807) is 6.07 Å². The van der Waals surface area contributed by atoms with Crippen LogP contribution in [0.5, 0.6) is 0 Å². The lowest BCUT2D eigenvalue weighted by Crippen LogP contribution is -2.53. The first-order chi connectivity index (χ1) is 9.93. The molecule has 1 aromatic rings. The smallest absolute Gasteiger partial charge is 0.407 e. The van der Waals surface area contributed by atoms with Crippen LogP contribution in [0.2, 0.25) is 0 Å². The molecule has 1 atom stereocenters. The zero-order valence-electron chi connectivity index (χ0n) is 11.6. The van der Waals surface area contributed by atoms with Gasteiger partial charge in [-0.2, -0.15) is 0 Å². The number of piperazine rings is 1. The summed E-state index contributed by atoms with van der Waals surface area (Å²) in [5.74, 6) is 0. The highest BCUT2D eigenvalue weighted by Gasteiger charge is 2.28. The van der Waals surface area contributed by atoms with Crippen LogP contribution in [0.3, 0.4) is 0 Å². The third kappa shape index (κ3) is 3.05. The number of anilines is 1. The molecule has 8 nitrogen and oxygen atoms in total. The molecule has 2 rings (SSSR count).